The molecule has 0 aliphatic heterocycles. The highest BCUT2D eigenvalue weighted by atomic mass is 35.5. The number of rotatable bonds is 2. The molecule has 0 saturated heterocycles. The van der Waals surface area contributed by atoms with E-state index in [9.17, 15) is 0 Å². The number of hydrogen-bond acceptors (Lipinski definition) is 1. The van der Waals surface area contributed by atoms with Gasteiger partial charge in [0.25, 0.3) is 0 Å². The van der Waals surface area contributed by atoms with Crippen LogP contribution in [0.5, 0.6) is 0 Å². The molecule has 0 fully saturated rings. The number of fused-ring (bicyclic) bond motifs is 1. The molecule has 3 aromatic carbocycles. The highest BCUT2D eigenvalue weighted by molar-refractivity contribution is 5.99. The molecule has 0 spiro atoms. The second-order valence-electron chi connectivity index (χ2n) is 5.44. The Morgan fingerprint density at radius 1 is 0.957 bits per heavy atom. The van der Waals surface area contributed by atoms with Gasteiger partial charge in [-0.05, 0) is 42.5 Å². The molecule has 3 rings (SSSR count). The van der Waals surface area contributed by atoms with Gasteiger partial charge in [-0.15, -0.1) is 12.4 Å². The van der Waals surface area contributed by atoms with Gasteiger partial charge in [0, 0.05) is 11.1 Å². The largest absolute Gasteiger partial charge is 0.369 e. The summed E-state index contributed by atoms with van der Waals surface area (Å²) in [6.45, 7) is 4.11. The Labute approximate surface area is 142 Å². The Balaban J connectivity index is 0.00000192. The van der Waals surface area contributed by atoms with Gasteiger partial charge in [-0.2, -0.15) is 0 Å². The molecule has 0 radical (unpaired) electrons. The molecule has 0 unspecified atom stereocenters. The monoisotopic (exact) mass is 325 g/mol. The third-order valence-corrected chi connectivity index (χ3v) is 3.66. The first-order valence-electron chi connectivity index (χ1n) is 7.30. The summed E-state index contributed by atoms with van der Waals surface area (Å²) >= 11 is 0. The summed E-state index contributed by atoms with van der Waals surface area (Å²) in [5, 5.41) is 5.44. The predicted octanol–water partition coefficient (Wildman–Crippen LogP) is 4.94. The Hall–Kier alpha value is -2.52. The van der Waals surface area contributed by atoms with E-state index < -0.39 is 0 Å². The molecular formula is C19H20ClN3. The van der Waals surface area contributed by atoms with Crippen LogP contribution in [-0.4, -0.2) is 5.96 Å². The Morgan fingerprint density at radius 2 is 1.70 bits per heavy atom. The predicted molar refractivity (Wildman–Crippen MR) is 102 cm³/mol. The van der Waals surface area contributed by atoms with E-state index in [0.29, 0.717) is 5.96 Å². The van der Waals surface area contributed by atoms with E-state index in [1.807, 2.05) is 31.2 Å². The summed E-state index contributed by atoms with van der Waals surface area (Å²) in [6, 6.07) is 20.4. The molecule has 118 valence electrons. The molecule has 0 saturated carbocycles. The number of aliphatic imine (C=N–C) groups is 1. The van der Waals surface area contributed by atoms with Gasteiger partial charge in [-0.1, -0.05) is 48.5 Å². The molecular weight excluding hydrogens is 306 g/mol. The van der Waals surface area contributed by atoms with Crippen LogP contribution in [-0.2, 0) is 0 Å². The molecule has 4 heteroatoms. The van der Waals surface area contributed by atoms with Crippen molar-refractivity contribution in [1.29, 1.82) is 0 Å². The van der Waals surface area contributed by atoms with Crippen LogP contribution in [0.2, 0.25) is 0 Å². The number of nitrogens with zero attached hydrogens (tertiary/aromatic N) is 1. The average Bonchev–Trinajstić information content (AvgIpc) is 2.51. The van der Waals surface area contributed by atoms with E-state index in [1.165, 1.54) is 5.56 Å². The first kappa shape index (κ1) is 16.8. The van der Waals surface area contributed by atoms with E-state index >= 15 is 0 Å². The first-order valence-corrected chi connectivity index (χ1v) is 7.30. The first-order chi connectivity index (χ1) is 10.6. The summed E-state index contributed by atoms with van der Waals surface area (Å²) in [4.78, 5) is 4.54. The molecule has 0 bridgehead atoms. The number of aryl methyl sites for hydroxylation is 2. The smallest absolute Gasteiger partial charge is 0.198 e. The van der Waals surface area contributed by atoms with Crippen molar-refractivity contribution in [2.45, 2.75) is 13.8 Å². The minimum absolute atomic E-state index is 0. The third kappa shape index (κ3) is 3.82. The van der Waals surface area contributed by atoms with Gasteiger partial charge < -0.3 is 11.1 Å². The van der Waals surface area contributed by atoms with Gasteiger partial charge >= 0.3 is 0 Å². The van der Waals surface area contributed by atoms with Crippen molar-refractivity contribution in [3.05, 3.63) is 71.8 Å². The van der Waals surface area contributed by atoms with E-state index in [2.05, 4.69) is 53.6 Å². The fraction of sp³-hybridized carbons (Fsp3) is 0.105. The number of anilines is 1. The molecule has 3 N–H and O–H groups in total. The van der Waals surface area contributed by atoms with E-state index in [4.69, 9.17) is 5.73 Å². The number of halogens is 1. The number of benzene rings is 3. The third-order valence-electron chi connectivity index (χ3n) is 3.66. The molecule has 3 nitrogen and oxygen atoms in total. The SMILES string of the molecule is Cc1ccc(C)c(NC(N)=Nc2cccc3ccccc23)c1.Cl. The molecule has 0 aromatic heterocycles. The molecule has 0 aliphatic carbocycles. The van der Waals surface area contributed by atoms with Gasteiger partial charge in [0.05, 0.1) is 5.69 Å². The Kier molecular flexibility index (Phi) is 5.24. The highest BCUT2D eigenvalue weighted by Gasteiger charge is 2.02. The minimum Gasteiger partial charge on any atom is -0.369 e. The van der Waals surface area contributed by atoms with Crippen molar-refractivity contribution in [2.75, 3.05) is 5.32 Å². The highest BCUT2D eigenvalue weighted by Crippen LogP contribution is 2.25. The molecule has 3 aromatic rings. The van der Waals surface area contributed by atoms with Crippen molar-refractivity contribution in [2.24, 2.45) is 10.7 Å². The van der Waals surface area contributed by atoms with Crippen LogP contribution in [0.3, 0.4) is 0 Å². The van der Waals surface area contributed by atoms with E-state index in [0.717, 1.165) is 27.7 Å². The van der Waals surface area contributed by atoms with Crippen LogP contribution in [0.4, 0.5) is 11.4 Å². The zero-order chi connectivity index (χ0) is 15.5. The Bertz CT molecular complexity index is 851. The second kappa shape index (κ2) is 7.16. The van der Waals surface area contributed by atoms with Gasteiger partial charge in [-0.25, -0.2) is 4.99 Å². The summed E-state index contributed by atoms with van der Waals surface area (Å²) in [5.41, 5.74) is 10.3. The maximum atomic E-state index is 6.09. The summed E-state index contributed by atoms with van der Waals surface area (Å²) in [6.07, 6.45) is 0. The molecule has 23 heavy (non-hydrogen) atoms. The lowest BCUT2D eigenvalue weighted by molar-refractivity contribution is 1.37. The number of nitrogens with two attached hydrogens (primary N) is 1. The van der Waals surface area contributed by atoms with E-state index in [-0.39, 0.29) is 12.4 Å². The van der Waals surface area contributed by atoms with Crippen molar-refractivity contribution in [3.8, 4) is 0 Å². The summed E-state index contributed by atoms with van der Waals surface area (Å²) < 4.78 is 0. The van der Waals surface area contributed by atoms with Crippen LogP contribution in [0.1, 0.15) is 11.1 Å². The zero-order valence-corrected chi connectivity index (χ0v) is 14.0. The number of nitrogens with one attached hydrogen (secondary N) is 1. The fourth-order valence-corrected chi connectivity index (χ4v) is 2.47. The molecule has 0 heterocycles. The minimum atomic E-state index is 0. The maximum Gasteiger partial charge on any atom is 0.198 e. The summed E-state index contributed by atoms with van der Waals surface area (Å²) in [7, 11) is 0. The van der Waals surface area contributed by atoms with Crippen molar-refractivity contribution >= 4 is 40.5 Å². The molecule has 0 aliphatic rings. The second-order valence-corrected chi connectivity index (χ2v) is 5.44. The van der Waals surface area contributed by atoms with Crippen LogP contribution in [0.15, 0.2) is 65.7 Å². The van der Waals surface area contributed by atoms with E-state index in [1.54, 1.807) is 0 Å². The Morgan fingerprint density at radius 3 is 2.52 bits per heavy atom. The van der Waals surface area contributed by atoms with Gasteiger partial charge in [0.15, 0.2) is 5.96 Å². The quantitative estimate of drug-likeness (QED) is 0.518. The topological polar surface area (TPSA) is 50.4 Å². The van der Waals surface area contributed by atoms with Gasteiger partial charge in [-0.3, -0.25) is 0 Å². The number of hydrogen-bond donors (Lipinski definition) is 2. The van der Waals surface area contributed by atoms with Crippen molar-refractivity contribution < 1.29 is 0 Å². The lowest BCUT2D eigenvalue weighted by Gasteiger charge is -2.10. The lowest BCUT2D eigenvalue weighted by Crippen LogP contribution is -2.22. The normalized spacial score (nSPS) is 11.1. The fourth-order valence-electron chi connectivity index (χ4n) is 2.47. The van der Waals surface area contributed by atoms with Crippen LogP contribution in [0.25, 0.3) is 10.8 Å². The standard InChI is InChI=1S/C19H19N3.ClH/c1-13-10-11-14(2)18(12-13)22-19(20)21-17-9-5-7-15-6-3-4-8-16(15)17;/h3-12H,1-2H3,(H3,20,21,22);1H. The molecule has 0 atom stereocenters. The maximum absolute atomic E-state index is 6.09. The summed E-state index contributed by atoms with van der Waals surface area (Å²) in [5.74, 6) is 0.394. The zero-order valence-electron chi connectivity index (χ0n) is 13.2. The number of guanidine groups is 1. The van der Waals surface area contributed by atoms with Crippen LogP contribution < -0.4 is 11.1 Å². The van der Waals surface area contributed by atoms with Gasteiger partial charge in [0.2, 0.25) is 0 Å². The average molecular weight is 326 g/mol. The molecule has 0 amide bonds. The van der Waals surface area contributed by atoms with Gasteiger partial charge in [0.1, 0.15) is 0 Å². The lowest BCUT2D eigenvalue weighted by atomic mass is 10.1. The van der Waals surface area contributed by atoms with Crippen LogP contribution >= 0.6 is 12.4 Å². The van der Waals surface area contributed by atoms with Crippen LogP contribution in [0, 0.1) is 13.8 Å². The van der Waals surface area contributed by atoms with Crippen molar-refractivity contribution in [1.82, 2.24) is 0 Å². The van der Waals surface area contributed by atoms with Crippen molar-refractivity contribution in [3.63, 3.8) is 0 Å².